The van der Waals surface area contributed by atoms with E-state index in [2.05, 4.69) is 15.0 Å². The fourth-order valence-corrected chi connectivity index (χ4v) is 2.81. The molecule has 0 spiro atoms. The predicted octanol–water partition coefficient (Wildman–Crippen LogP) is 4.83. The molecule has 124 valence electrons. The molecule has 0 radical (unpaired) electrons. The van der Waals surface area contributed by atoms with E-state index >= 15 is 0 Å². The number of halogens is 1. The molecule has 0 aliphatic carbocycles. The van der Waals surface area contributed by atoms with Crippen molar-refractivity contribution in [2.24, 2.45) is 0 Å². The summed E-state index contributed by atoms with van der Waals surface area (Å²) in [5.74, 6) is 0.321. The molecule has 0 aliphatic rings. The molecular weight excluding hydrogens is 321 g/mol. The van der Waals surface area contributed by atoms with Gasteiger partial charge in [0.25, 0.3) is 0 Å². The average Bonchev–Trinajstić information content (AvgIpc) is 3.06. The van der Waals surface area contributed by atoms with Crippen molar-refractivity contribution in [3.05, 3.63) is 66.3 Å². The molecule has 0 bridgehead atoms. The molecule has 25 heavy (non-hydrogen) atoms. The topological polar surface area (TPSA) is 61.0 Å². The van der Waals surface area contributed by atoms with Crippen LogP contribution >= 0.6 is 0 Å². The van der Waals surface area contributed by atoms with Crippen molar-refractivity contribution in [2.75, 3.05) is 0 Å². The molecule has 3 aromatic heterocycles. The third-order valence-electron chi connectivity index (χ3n) is 3.99. The molecule has 0 atom stereocenters. The second-order valence-electron chi connectivity index (χ2n) is 5.61. The van der Waals surface area contributed by atoms with Gasteiger partial charge in [0.2, 0.25) is 5.88 Å². The van der Waals surface area contributed by atoms with Crippen LogP contribution in [-0.4, -0.2) is 15.0 Å². The first kappa shape index (κ1) is 15.3. The Morgan fingerprint density at radius 2 is 1.80 bits per heavy atom. The van der Waals surface area contributed by atoms with Crippen LogP contribution in [-0.2, 0) is 0 Å². The molecule has 0 aliphatic heterocycles. The standard InChI is InChI=1S/C19H14FN3O2/c1-11-18(12(2)23-10-22-11)14-4-3-13(9-16(14)20)25-19-15-6-8-24-17(15)5-7-21-19/h3-10H,1-2H3. The fraction of sp³-hybridized carbons (Fsp3) is 0.105. The first-order valence-electron chi connectivity index (χ1n) is 7.71. The summed E-state index contributed by atoms with van der Waals surface area (Å²) in [7, 11) is 0. The number of fused-ring (bicyclic) bond motifs is 1. The fourth-order valence-electron chi connectivity index (χ4n) is 2.81. The Morgan fingerprint density at radius 3 is 2.56 bits per heavy atom. The second kappa shape index (κ2) is 5.98. The predicted molar refractivity (Wildman–Crippen MR) is 91.0 cm³/mol. The number of benzene rings is 1. The Balaban J connectivity index is 1.72. The van der Waals surface area contributed by atoms with Crippen LogP contribution in [0.4, 0.5) is 4.39 Å². The SMILES string of the molecule is Cc1ncnc(C)c1-c1ccc(Oc2nccc3occc23)cc1F. The zero-order chi connectivity index (χ0) is 17.4. The van der Waals surface area contributed by atoms with Gasteiger partial charge in [0.05, 0.1) is 11.6 Å². The summed E-state index contributed by atoms with van der Waals surface area (Å²) >= 11 is 0. The highest BCUT2D eigenvalue weighted by Gasteiger charge is 2.14. The maximum atomic E-state index is 14.7. The molecule has 0 saturated heterocycles. The summed E-state index contributed by atoms with van der Waals surface area (Å²) in [6.07, 6.45) is 4.62. The monoisotopic (exact) mass is 335 g/mol. The van der Waals surface area contributed by atoms with Crippen LogP contribution in [0.3, 0.4) is 0 Å². The number of furan rings is 1. The summed E-state index contributed by atoms with van der Waals surface area (Å²) in [5.41, 5.74) is 3.25. The lowest BCUT2D eigenvalue weighted by molar-refractivity contribution is 0.464. The number of pyridine rings is 1. The first-order valence-corrected chi connectivity index (χ1v) is 7.71. The van der Waals surface area contributed by atoms with Crippen LogP contribution in [0.1, 0.15) is 11.4 Å². The Bertz CT molecular complexity index is 1060. The third kappa shape index (κ3) is 2.71. The van der Waals surface area contributed by atoms with Gasteiger partial charge in [-0.15, -0.1) is 0 Å². The second-order valence-corrected chi connectivity index (χ2v) is 5.61. The lowest BCUT2D eigenvalue weighted by Crippen LogP contribution is -1.97. The van der Waals surface area contributed by atoms with E-state index in [1.165, 1.54) is 12.4 Å². The summed E-state index contributed by atoms with van der Waals surface area (Å²) in [6.45, 7) is 3.66. The van der Waals surface area contributed by atoms with Gasteiger partial charge in [-0.25, -0.2) is 19.3 Å². The highest BCUT2D eigenvalue weighted by Crippen LogP contribution is 2.33. The van der Waals surface area contributed by atoms with Crippen LogP contribution in [0.5, 0.6) is 11.6 Å². The number of nitrogens with zero attached hydrogens (tertiary/aromatic N) is 3. The summed E-state index contributed by atoms with van der Waals surface area (Å²) in [4.78, 5) is 12.5. The van der Waals surface area contributed by atoms with E-state index in [9.17, 15) is 4.39 Å². The van der Waals surface area contributed by atoms with Crippen molar-refractivity contribution in [3.8, 4) is 22.8 Å². The Labute approximate surface area is 143 Å². The molecule has 3 heterocycles. The van der Waals surface area contributed by atoms with E-state index in [0.717, 1.165) is 16.8 Å². The van der Waals surface area contributed by atoms with Gasteiger partial charge in [0, 0.05) is 34.8 Å². The van der Waals surface area contributed by atoms with Gasteiger partial charge in [0.1, 0.15) is 23.5 Å². The lowest BCUT2D eigenvalue weighted by atomic mass is 10.0. The Kier molecular flexibility index (Phi) is 3.65. The molecule has 0 amide bonds. The van der Waals surface area contributed by atoms with E-state index in [-0.39, 0.29) is 0 Å². The van der Waals surface area contributed by atoms with Gasteiger partial charge in [-0.05, 0) is 38.1 Å². The summed E-state index contributed by atoms with van der Waals surface area (Å²) < 4.78 is 25.7. The highest BCUT2D eigenvalue weighted by atomic mass is 19.1. The lowest BCUT2D eigenvalue weighted by Gasteiger charge is -2.11. The van der Waals surface area contributed by atoms with E-state index in [0.29, 0.717) is 28.3 Å². The molecule has 0 saturated carbocycles. The molecular formula is C19H14FN3O2. The summed E-state index contributed by atoms with van der Waals surface area (Å²) in [5, 5.41) is 0.732. The van der Waals surface area contributed by atoms with E-state index in [1.54, 1.807) is 36.7 Å². The molecule has 0 fully saturated rings. The molecule has 1 aromatic carbocycles. The average molecular weight is 335 g/mol. The number of aromatic nitrogens is 3. The first-order chi connectivity index (χ1) is 12.1. The minimum absolute atomic E-state index is 0.356. The molecule has 6 heteroatoms. The maximum absolute atomic E-state index is 14.7. The van der Waals surface area contributed by atoms with E-state index < -0.39 is 5.82 Å². The van der Waals surface area contributed by atoms with Crippen LogP contribution in [0.15, 0.2) is 53.5 Å². The number of ether oxygens (including phenoxy) is 1. The minimum atomic E-state index is -0.405. The smallest absolute Gasteiger partial charge is 0.230 e. The van der Waals surface area contributed by atoms with Gasteiger partial charge in [-0.1, -0.05) is 0 Å². The van der Waals surface area contributed by atoms with Gasteiger partial charge in [-0.3, -0.25) is 0 Å². The van der Waals surface area contributed by atoms with Crippen molar-refractivity contribution < 1.29 is 13.5 Å². The van der Waals surface area contributed by atoms with Crippen LogP contribution in [0.2, 0.25) is 0 Å². The Morgan fingerprint density at radius 1 is 1.00 bits per heavy atom. The molecule has 5 nitrogen and oxygen atoms in total. The van der Waals surface area contributed by atoms with Crippen molar-refractivity contribution >= 4 is 11.0 Å². The Hall–Kier alpha value is -3.28. The van der Waals surface area contributed by atoms with Crippen molar-refractivity contribution in [1.29, 1.82) is 0 Å². The van der Waals surface area contributed by atoms with Gasteiger partial charge >= 0.3 is 0 Å². The van der Waals surface area contributed by atoms with Crippen molar-refractivity contribution in [2.45, 2.75) is 13.8 Å². The van der Waals surface area contributed by atoms with E-state index in [4.69, 9.17) is 9.15 Å². The van der Waals surface area contributed by atoms with Gasteiger partial charge in [-0.2, -0.15) is 0 Å². The van der Waals surface area contributed by atoms with Crippen LogP contribution < -0.4 is 4.74 Å². The number of hydrogen-bond acceptors (Lipinski definition) is 5. The normalized spacial score (nSPS) is 11.0. The molecule has 0 unspecified atom stereocenters. The van der Waals surface area contributed by atoms with E-state index in [1.807, 2.05) is 13.8 Å². The van der Waals surface area contributed by atoms with Crippen molar-refractivity contribution in [1.82, 2.24) is 15.0 Å². The maximum Gasteiger partial charge on any atom is 0.230 e. The van der Waals surface area contributed by atoms with Crippen LogP contribution in [0, 0.1) is 19.7 Å². The minimum Gasteiger partial charge on any atom is -0.464 e. The zero-order valence-electron chi connectivity index (χ0n) is 13.7. The third-order valence-corrected chi connectivity index (χ3v) is 3.99. The number of hydrogen-bond donors (Lipinski definition) is 0. The number of rotatable bonds is 3. The number of aryl methyl sites for hydroxylation is 2. The largest absolute Gasteiger partial charge is 0.464 e. The zero-order valence-corrected chi connectivity index (χ0v) is 13.7. The van der Waals surface area contributed by atoms with Crippen LogP contribution in [0.25, 0.3) is 22.1 Å². The highest BCUT2D eigenvalue weighted by molar-refractivity contribution is 5.82. The van der Waals surface area contributed by atoms with Crippen molar-refractivity contribution in [3.63, 3.8) is 0 Å². The molecule has 4 aromatic rings. The van der Waals surface area contributed by atoms with Gasteiger partial charge in [0.15, 0.2) is 0 Å². The molecule has 0 N–H and O–H groups in total. The molecule has 4 rings (SSSR count). The summed E-state index contributed by atoms with van der Waals surface area (Å²) in [6, 6.07) is 8.20. The van der Waals surface area contributed by atoms with Gasteiger partial charge < -0.3 is 9.15 Å². The quantitative estimate of drug-likeness (QED) is 0.536.